The largest absolute Gasteiger partial charge is 0.396 e. The molecule has 122 valence electrons. The molecule has 2 aromatic carbocycles. The number of benzene rings is 2. The molecule has 1 aromatic heterocycles. The van der Waals surface area contributed by atoms with E-state index in [0.717, 1.165) is 22.2 Å². The Balaban J connectivity index is 2.04. The molecule has 0 aliphatic heterocycles. The van der Waals surface area contributed by atoms with E-state index in [2.05, 4.69) is 10.3 Å². The van der Waals surface area contributed by atoms with Gasteiger partial charge in [0.1, 0.15) is 0 Å². The van der Waals surface area contributed by atoms with Crippen LogP contribution in [0.2, 0.25) is 10.0 Å². The van der Waals surface area contributed by atoms with Gasteiger partial charge in [-0.2, -0.15) is 0 Å². The van der Waals surface area contributed by atoms with Crippen molar-refractivity contribution < 1.29 is 4.79 Å². The fourth-order valence-electron chi connectivity index (χ4n) is 2.51. The van der Waals surface area contributed by atoms with Gasteiger partial charge >= 0.3 is 0 Å². The number of hydrogen-bond donors (Lipinski definition) is 2. The minimum Gasteiger partial charge on any atom is -0.396 e. The van der Waals surface area contributed by atoms with Crippen LogP contribution in [0, 0.1) is 13.8 Å². The first-order valence-corrected chi connectivity index (χ1v) is 8.04. The van der Waals surface area contributed by atoms with Gasteiger partial charge in [-0.3, -0.25) is 9.78 Å². The maximum Gasteiger partial charge on any atom is 0.256 e. The summed E-state index contributed by atoms with van der Waals surface area (Å²) in [6.45, 7) is 3.83. The Labute approximate surface area is 149 Å². The summed E-state index contributed by atoms with van der Waals surface area (Å²) in [4.78, 5) is 17.2. The van der Waals surface area contributed by atoms with Crippen molar-refractivity contribution in [2.75, 3.05) is 11.1 Å². The van der Waals surface area contributed by atoms with Gasteiger partial charge in [0.25, 0.3) is 5.91 Å². The first kappa shape index (κ1) is 16.6. The average molecular weight is 360 g/mol. The molecule has 1 heterocycles. The molecule has 3 N–H and O–H groups in total. The van der Waals surface area contributed by atoms with E-state index in [9.17, 15) is 4.79 Å². The Morgan fingerprint density at radius 2 is 1.75 bits per heavy atom. The molecule has 0 bridgehead atoms. The van der Waals surface area contributed by atoms with Gasteiger partial charge in [0.2, 0.25) is 0 Å². The van der Waals surface area contributed by atoms with E-state index in [1.165, 1.54) is 0 Å². The summed E-state index contributed by atoms with van der Waals surface area (Å²) < 4.78 is 0. The molecule has 0 saturated heterocycles. The maximum atomic E-state index is 12.7. The molecule has 24 heavy (non-hydrogen) atoms. The number of rotatable bonds is 2. The zero-order chi connectivity index (χ0) is 17.4. The van der Waals surface area contributed by atoms with Crippen molar-refractivity contribution in [3.63, 3.8) is 0 Å². The van der Waals surface area contributed by atoms with Crippen molar-refractivity contribution in [3.8, 4) is 0 Å². The molecule has 0 aliphatic carbocycles. The lowest BCUT2D eigenvalue weighted by molar-refractivity contribution is 0.102. The lowest BCUT2D eigenvalue weighted by Gasteiger charge is -2.11. The predicted molar refractivity (Wildman–Crippen MR) is 100 cm³/mol. The predicted octanol–water partition coefficient (Wildman–Crippen LogP) is 4.99. The lowest BCUT2D eigenvalue weighted by atomic mass is 10.0. The van der Waals surface area contributed by atoms with Crippen molar-refractivity contribution >= 4 is 51.4 Å². The van der Waals surface area contributed by atoms with Crippen LogP contribution in [0.25, 0.3) is 10.9 Å². The number of anilines is 2. The number of aromatic nitrogens is 1. The van der Waals surface area contributed by atoms with Crippen LogP contribution in [0.4, 0.5) is 11.4 Å². The molecule has 0 radical (unpaired) electrons. The number of carbonyl (C=O) groups excluding carboxylic acids is 1. The summed E-state index contributed by atoms with van der Waals surface area (Å²) in [6, 6.07) is 10.7. The van der Waals surface area contributed by atoms with Gasteiger partial charge < -0.3 is 11.1 Å². The highest BCUT2D eigenvalue weighted by molar-refractivity contribution is 6.39. The molecule has 0 saturated carbocycles. The number of halogens is 2. The Kier molecular flexibility index (Phi) is 4.35. The van der Waals surface area contributed by atoms with Gasteiger partial charge in [-0.1, -0.05) is 34.8 Å². The van der Waals surface area contributed by atoms with Crippen LogP contribution in [-0.2, 0) is 0 Å². The highest BCUT2D eigenvalue weighted by Gasteiger charge is 2.14. The summed E-state index contributed by atoms with van der Waals surface area (Å²) in [6.07, 6.45) is 0. The molecule has 0 unspecified atom stereocenters. The van der Waals surface area contributed by atoms with Crippen LogP contribution >= 0.6 is 23.2 Å². The fraction of sp³-hybridized carbons (Fsp3) is 0.111. The molecular formula is C18H15Cl2N3O. The zero-order valence-corrected chi connectivity index (χ0v) is 14.7. The molecule has 3 rings (SSSR count). The Hall–Kier alpha value is -2.30. The highest BCUT2D eigenvalue weighted by Crippen LogP contribution is 2.31. The van der Waals surface area contributed by atoms with E-state index in [-0.39, 0.29) is 11.6 Å². The van der Waals surface area contributed by atoms with Crippen molar-refractivity contribution in [1.82, 2.24) is 4.98 Å². The third kappa shape index (κ3) is 3.16. The SMILES string of the molecule is Cc1ccc2nc(C)cc(C(=O)Nc3cc(Cl)c(N)c(Cl)c3)c2c1. The second-order valence-corrected chi connectivity index (χ2v) is 6.45. The third-order valence-electron chi connectivity index (χ3n) is 3.67. The number of amides is 1. The third-order valence-corrected chi connectivity index (χ3v) is 4.30. The van der Waals surface area contributed by atoms with E-state index in [1.54, 1.807) is 18.2 Å². The molecule has 6 heteroatoms. The number of carbonyl (C=O) groups is 1. The number of pyridine rings is 1. The summed E-state index contributed by atoms with van der Waals surface area (Å²) in [5.41, 5.74) is 9.64. The maximum absolute atomic E-state index is 12.7. The second kappa shape index (κ2) is 6.30. The second-order valence-electron chi connectivity index (χ2n) is 5.64. The van der Waals surface area contributed by atoms with Crippen LogP contribution in [0.15, 0.2) is 36.4 Å². The van der Waals surface area contributed by atoms with Crippen molar-refractivity contribution in [2.24, 2.45) is 0 Å². The number of nitrogens with one attached hydrogen (secondary N) is 1. The van der Waals surface area contributed by atoms with E-state index < -0.39 is 0 Å². The van der Waals surface area contributed by atoms with Gasteiger partial charge in [0.05, 0.1) is 26.8 Å². The first-order valence-electron chi connectivity index (χ1n) is 7.29. The van der Waals surface area contributed by atoms with Gasteiger partial charge in [0, 0.05) is 16.8 Å². The summed E-state index contributed by atoms with van der Waals surface area (Å²) in [5.74, 6) is -0.256. The fourth-order valence-corrected chi connectivity index (χ4v) is 3.00. The normalized spacial score (nSPS) is 10.8. The van der Waals surface area contributed by atoms with Crippen LogP contribution in [0.1, 0.15) is 21.6 Å². The number of hydrogen-bond acceptors (Lipinski definition) is 3. The molecule has 1 amide bonds. The number of nitrogens with two attached hydrogens (primary N) is 1. The first-order chi connectivity index (χ1) is 11.3. The highest BCUT2D eigenvalue weighted by atomic mass is 35.5. The van der Waals surface area contributed by atoms with Gasteiger partial charge in [-0.15, -0.1) is 0 Å². The molecule has 0 atom stereocenters. The summed E-state index contributed by atoms with van der Waals surface area (Å²) in [5, 5.41) is 4.20. The van der Waals surface area contributed by atoms with E-state index in [1.807, 2.05) is 32.0 Å². The van der Waals surface area contributed by atoms with Gasteiger partial charge in [0.15, 0.2) is 0 Å². The minimum absolute atomic E-state index is 0.256. The monoisotopic (exact) mass is 359 g/mol. The number of nitrogens with zero attached hydrogens (tertiary/aromatic N) is 1. The number of aryl methyl sites for hydroxylation is 2. The van der Waals surface area contributed by atoms with E-state index in [0.29, 0.717) is 21.3 Å². The number of fused-ring (bicyclic) bond motifs is 1. The average Bonchev–Trinajstić information content (AvgIpc) is 2.52. The minimum atomic E-state index is -0.256. The molecule has 3 aromatic rings. The summed E-state index contributed by atoms with van der Waals surface area (Å²) in [7, 11) is 0. The van der Waals surface area contributed by atoms with E-state index in [4.69, 9.17) is 28.9 Å². The van der Waals surface area contributed by atoms with Gasteiger partial charge in [-0.05, 0) is 44.2 Å². The molecule has 0 spiro atoms. The van der Waals surface area contributed by atoms with E-state index >= 15 is 0 Å². The molecule has 0 aliphatic rings. The topological polar surface area (TPSA) is 68.0 Å². The Morgan fingerprint density at radius 1 is 1.08 bits per heavy atom. The molecule has 4 nitrogen and oxygen atoms in total. The van der Waals surface area contributed by atoms with Crippen molar-refractivity contribution in [2.45, 2.75) is 13.8 Å². The van der Waals surface area contributed by atoms with Crippen LogP contribution in [0.3, 0.4) is 0 Å². The van der Waals surface area contributed by atoms with Gasteiger partial charge in [-0.25, -0.2) is 0 Å². The van der Waals surface area contributed by atoms with Crippen molar-refractivity contribution in [3.05, 3.63) is 63.3 Å². The smallest absolute Gasteiger partial charge is 0.256 e. The Bertz CT molecular complexity index is 947. The molecule has 0 fully saturated rings. The Morgan fingerprint density at radius 3 is 2.42 bits per heavy atom. The molecular weight excluding hydrogens is 345 g/mol. The quantitative estimate of drug-likeness (QED) is 0.633. The van der Waals surface area contributed by atoms with Crippen LogP contribution in [-0.4, -0.2) is 10.9 Å². The lowest BCUT2D eigenvalue weighted by Crippen LogP contribution is -2.13. The van der Waals surface area contributed by atoms with Crippen LogP contribution < -0.4 is 11.1 Å². The van der Waals surface area contributed by atoms with Crippen LogP contribution in [0.5, 0.6) is 0 Å². The van der Waals surface area contributed by atoms with Crippen molar-refractivity contribution in [1.29, 1.82) is 0 Å². The summed E-state index contributed by atoms with van der Waals surface area (Å²) >= 11 is 12.0. The number of nitrogen functional groups attached to an aromatic ring is 1. The standard InChI is InChI=1S/C18H15Cl2N3O/c1-9-3-4-16-12(5-9)13(6-10(2)22-16)18(24)23-11-7-14(19)17(21)15(20)8-11/h3-8H,21H2,1-2H3,(H,23,24). The zero-order valence-electron chi connectivity index (χ0n) is 13.2.